The molecule has 1 aliphatic heterocycles. The van der Waals surface area contributed by atoms with Crippen LogP contribution in [0.4, 0.5) is 0 Å². The third kappa shape index (κ3) is 3.58. The fourth-order valence-electron chi connectivity index (χ4n) is 3.75. The zero-order valence-electron chi connectivity index (χ0n) is 14.2. The Hall–Kier alpha value is -0.220. The summed E-state index contributed by atoms with van der Waals surface area (Å²) in [4.78, 5) is 15.2. The first-order valence-corrected chi connectivity index (χ1v) is 9.87. The van der Waals surface area contributed by atoms with Gasteiger partial charge in [0.25, 0.3) is 0 Å². The molecule has 1 saturated heterocycles. The Morgan fingerprint density at radius 1 is 1.38 bits per heavy atom. The van der Waals surface area contributed by atoms with Crippen molar-refractivity contribution in [1.29, 1.82) is 0 Å². The molecule has 0 spiro atoms. The van der Waals surface area contributed by atoms with Crippen LogP contribution in [0.3, 0.4) is 0 Å². The van der Waals surface area contributed by atoms with Crippen molar-refractivity contribution in [3.8, 4) is 0 Å². The number of amides is 1. The molecule has 3 unspecified atom stereocenters. The molecule has 2 rings (SSSR count). The van der Waals surface area contributed by atoms with E-state index in [1.54, 1.807) is 0 Å². The molecule has 2 aliphatic rings. The van der Waals surface area contributed by atoms with Crippen molar-refractivity contribution in [1.82, 2.24) is 10.2 Å². The van der Waals surface area contributed by atoms with Crippen LogP contribution in [0.25, 0.3) is 0 Å². The lowest BCUT2D eigenvalue weighted by molar-refractivity contribution is -0.135. The molecule has 2 fully saturated rings. The molecule has 1 N–H and O–H groups in total. The van der Waals surface area contributed by atoms with Crippen LogP contribution in [-0.2, 0) is 4.79 Å². The minimum absolute atomic E-state index is 0.270. The Morgan fingerprint density at radius 2 is 2.05 bits per heavy atom. The predicted octanol–water partition coefficient (Wildman–Crippen LogP) is 3.63. The lowest BCUT2D eigenvalue weighted by Crippen LogP contribution is -2.47. The van der Waals surface area contributed by atoms with E-state index in [1.807, 2.05) is 11.8 Å². The molecule has 4 heteroatoms. The minimum Gasteiger partial charge on any atom is -0.323 e. The second kappa shape index (κ2) is 7.36. The van der Waals surface area contributed by atoms with E-state index in [4.69, 9.17) is 0 Å². The van der Waals surface area contributed by atoms with Gasteiger partial charge in [0.15, 0.2) is 0 Å². The van der Waals surface area contributed by atoms with Gasteiger partial charge in [-0.3, -0.25) is 10.1 Å². The number of carbonyl (C=O) groups is 1. The van der Waals surface area contributed by atoms with Crippen LogP contribution >= 0.6 is 11.8 Å². The molecule has 0 radical (unpaired) electrons. The molecule has 21 heavy (non-hydrogen) atoms. The van der Waals surface area contributed by atoms with Crippen LogP contribution in [0.5, 0.6) is 0 Å². The highest BCUT2D eigenvalue weighted by Gasteiger charge is 2.50. The van der Waals surface area contributed by atoms with Crippen LogP contribution in [0, 0.1) is 5.92 Å². The highest BCUT2D eigenvalue weighted by molar-refractivity contribution is 7.99. The van der Waals surface area contributed by atoms with Crippen LogP contribution in [0.1, 0.15) is 66.2 Å². The summed E-state index contributed by atoms with van der Waals surface area (Å²) < 4.78 is 0. The molecule has 1 aliphatic carbocycles. The third-order valence-corrected chi connectivity index (χ3v) is 6.32. The minimum atomic E-state index is -0.348. The van der Waals surface area contributed by atoms with Gasteiger partial charge in [-0.1, -0.05) is 26.7 Å². The normalized spacial score (nSPS) is 32.1. The van der Waals surface area contributed by atoms with Crippen LogP contribution < -0.4 is 5.32 Å². The molecule has 3 nitrogen and oxygen atoms in total. The molecule has 3 atom stereocenters. The summed E-state index contributed by atoms with van der Waals surface area (Å²) in [6.07, 6.45) is 7.46. The average Bonchev–Trinajstić information content (AvgIpc) is 3.07. The second-order valence-electron chi connectivity index (χ2n) is 6.87. The first-order valence-electron chi connectivity index (χ1n) is 8.71. The Kier molecular flexibility index (Phi) is 6.01. The van der Waals surface area contributed by atoms with Gasteiger partial charge < -0.3 is 4.90 Å². The maximum atomic E-state index is 13.0. The van der Waals surface area contributed by atoms with E-state index in [0.717, 1.165) is 24.3 Å². The van der Waals surface area contributed by atoms with E-state index < -0.39 is 0 Å². The number of nitrogens with zero attached hydrogens (tertiary/aromatic N) is 1. The number of nitrogens with one attached hydrogen (secondary N) is 1. The summed E-state index contributed by atoms with van der Waals surface area (Å²) in [5.74, 6) is 3.30. The van der Waals surface area contributed by atoms with E-state index in [2.05, 4.69) is 37.9 Å². The molecule has 0 aromatic heterocycles. The van der Waals surface area contributed by atoms with E-state index in [0.29, 0.717) is 17.9 Å². The monoisotopic (exact) mass is 312 g/mol. The molecule has 122 valence electrons. The van der Waals surface area contributed by atoms with E-state index in [9.17, 15) is 4.79 Å². The number of carbonyl (C=O) groups excluding carboxylic acids is 1. The molecule has 0 aromatic rings. The number of thioether (sulfide) groups is 1. The van der Waals surface area contributed by atoms with Crippen molar-refractivity contribution in [2.45, 2.75) is 84.0 Å². The van der Waals surface area contributed by atoms with Crippen molar-refractivity contribution in [2.75, 3.05) is 11.5 Å². The molecule has 1 saturated carbocycles. The van der Waals surface area contributed by atoms with Crippen LogP contribution in [0.15, 0.2) is 0 Å². The second-order valence-corrected chi connectivity index (χ2v) is 8.26. The van der Waals surface area contributed by atoms with Gasteiger partial charge in [-0.2, -0.15) is 11.8 Å². The van der Waals surface area contributed by atoms with Gasteiger partial charge in [0.1, 0.15) is 0 Å². The standard InChI is InChI=1S/C17H32N2OS/c1-5-17(4)16(20)19(13(3)11-12-21-6-2)15(18-17)14-9-7-8-10-14/h13-15,18H,5-12H2,1-4H3. The van der Waals surface area contributed by atoms with Gasteiger partial charge >= 0.3 is 0 Å². The van der Waals surface area contributed by atoms with Crippen molar-refractivity contribution in [2.24, 2.45) is 5.92 Å². The fourth-order valence-corrected chi connectivity index (χ4v) is 4.55. The summed E-state index contributed by atoms with van der Waals surface area (Å²) in [5, 5.41) is 3.70. The number of hydrogen-bond donors (Lipinski definition) is 1. The van der Waals surface area contributed by atoms with Crippen molar-refractivity contribution < 1.29 is 4.79 Å². The van der Waals surface area contributed by atoms with Gasteiger partial charge in [0, 0.05) is 6.04 Å². The molecule has 1 amide bonds. The summed E-state index contributed by atoms with van der Waals surface area (Å²) in [6, 6.07) is 0.350. The van der Waals surface area contributed by atoms with Crippen molar-refractivity contribution in [3.05, 3.63) is 0 Å². The maximum Gasteiger partial charge on any atom is 0.244 e. The maximum absolute atomic E-state index is 13.0. The zero-order valence-corrected chi connectivity index (χ0v) is 15.0. The summed E-state index contributed by atoms with van der Waals surface area (Å²) in [5.41, 5.74) is -0.348. The smallest absolute Gasteiger partial charge is 0.244 e. The lowest BCUT2D eigenvalue weighted by Gasteiger charge is -2.34. The number of hydrogen-bond acceptors (Lipinski definition) is 3. The van der Waals surface area contributed by atoms with Crippen LogP contribution in [0.2, 0.25) is 0 Å². The predicted molar refractivity (Wildman–Crippen MR) is 91.5 cm³/mol. The van der Waals surface area contributed by atoms with E-state index in [1.165, 1.54) is 25.7 Å². The van der Waals surface area contributed by atoms with Gasteiger partial charge in [-0.15, -0.1) is 0 Å². The highest BCUT2D eigenvalue weighted by Crippen LogP contribution is 2.36. The van der Waals surface area contributed by atoms with E-state index in [-0.39, 0.29) is 11.7 Å². The van der Waals surface area contributed by atoms with Gasteiger partial charge in [-0.25, -0.2) is 0 Å². The first kappa shape index (κ1) is 17.1. The van der Waals surface area contributed by atoms with Crippen molar-refractivity contribution >= 4 is 17.7 Å². The molecular weight excluding hydrogens is 280 g/mol. The Balaban J connectivity index is 2.10. The molecular formula is C17H32N2OS. The van der Waals surface area contributed by atoms with Crippen molar-refractivity contribution in [3.63, 3.8) is 0 Å². The Bertz CT molecular complexity index is 357. The largest absolute Gasteiger partial charge is 0.323 e. The lowest BCUT2D eigenvalue weighted by atomic mass is 9.99. The zero-order chi connectivity index (χ0) is 15.5. The Labute approximate surface area is 134 Å². The van der Waals surface area contributed by atoms with Crippen LogP contribution in [-0.4, -0.2) is 40.1 Å². The quantitative estimate of drug-likeness (QED) is 0.729. The highest BCUT2D eigenvalue weighted by atomic mass is 32.2. The summed E-state index contributed by atoms with van der Waals surface area (Å²) in [7, 11) is 0. The fraction of sp³-hybridized carbons (Fsp3) is 0.941. The SMILES string of the molecule is CCSCCC(C)N1C(=O)C(C)(CC)NC1C1CCCC1. The molecule has 0 aromatic carbocycles. The van der Waals surface area contributed by atoms with Gasteiger partial charge in [0.2, 0.25) is 5.91 Å². The molecule has 0 bridgehead atoms. The molecule has 1 heterocycles. The topological polar surface area (TPSA) is 32.3 Å². The average molecular weight is 313 g/mol. The van der Waals surface area contributed by atoms with Gasteiger partial charge in [-0.05, 0) is 57.0 Å². The number of rotatable bonds is 7. The van der Waals surface area contributed by atoms with Gasteiger partial charge in [0.05, 0.1) is 11.7 Å². The summed E-state index contributed by atoms with van der Waals surface area (Å²) in [6.45, 7) is 8.65. The Morgan fingerprint density at radius 3 is 2.62 bits per heavy atom. The third-order valence-electron chi connectivity index (χ3n) is 5.39. The summed E-state index contributed by atoms with van der Waals surface area (Å²) >= 11 is 1.98. The first-order chi connectivity index (χ1) is 10.0. The van der Waals surface area contributed by atoms with E-state index >= 15 is 0 Å².